The van der Waals surface area contributed by atoms with Crippen LogP contribution in [-0.2, 0) is 0 Å². The highest BCUT2D eigenvalue weighted by Crippen LogP contribution is 2.30. The fourth-order valence-electron chi connectivity index (χ4n) is 2.41. The van der Waals surface area contributed by atoms with Gasteiger partial charge < -0.3 is 14.8 Å². The molecule has 2 aromatic carbocycles. The van der Waals surface area contributed by atoms with Gasteiger partial charge in [-0.25, -0.2) is 0 Å². The number of nitro groups is 2. The Morgan fingerprint density at radius 1 is 1.08 bits per heavy atom. The van der Waals surface area contributed by atoms with Crippen LogP contribution in [0.15, 0.2) is 42.5 Å². The number of ether oxygens (including phenoxy) is 2. The summed E-state index contributed by atoms with van der Waals surface area (Å²) in [5.41, 5.74) is -1.24. The van der Waals surface area contributed by atoms with Crippen molar-refractivity contribution in [2.24, 2.45) is 0 Å². The van der Waals surface area contributed by atoms with Gasteiger partial charge in [-0.1, -0.05) is 12.1 Å². The van der Waals surface area contributed by atoms with Gasteiger partial charge in [0.25, 0.3) is 17.3 Å². The molecule has 0 unspecified atom stereocenters. The van der Waals surface area contributed by atoms with Crippen LogP contribution in [0.25, 0.3) is 0 Å². The van der Waals surface area contributed by atoms with Gasteiger partial charge in [0.05, 0.1) is 28.0 Å². The van der Waals surface area contributed by atoms with Crippen molar-refractivity contribution < 1.29 is 24.1 Å². The summed E-state index contributed by atoms with van der Waals surface area (Å²) in [5.74, 6) is 0.465. The van der Waals surface area contributed by atoms with Crippen LogP contribution in [0.1, 0.15) is 10.4 Å². The maximum Gasteiger partial charge on any atom is 0.277 e. The lowest BCUT2D eigenvalue weighted by atomic mass is 10.1. The maximum atomic E-state index is 12.2. The van der Waals surface area contributed by atoms with Crippen LogP contribution >= 0.6 is 0 Å². The summed E-state index contributed by atoms with van der Waals surface area (Å²) in [6.07, 6.45) is -0.456. The standard InChI is InChI=1S/C16H13N3O7/c20-16(10-5-11(18(21)22)7-12(6-10)19(23)24)17-8-13-9-25-14-3-1-2-4-15(14)26-13/h1-7,13H,8-9H2,(H,17,20)/t13-/m0/s1. The molecule has 1 aliphatic rings. The number of para-hydroxylation sites is 2. The van der Waals surface area contributed by atoms with Crippen molar-refractivity contribution in [3.05, 3.63) is 68.3 Å². The zero-order valence-corrected chi connectivity index (χ0v) is 13.3. The van der Waals surface area contributed by atoms with Crippen molar-refractivity contribution in [3.63, 3.8) is 0 Å². The minimum Gasteiger partial charge on any atom is -0.486 e. The van der Waals surface area contributed by atoms with E-state index in [0.717, 1.165) is 18.2 Å². The third-order valence-corrected chi connectivity index (χ3v) is 3.64. The maximum absolute atomic E-state index is 12.2. The molecule has 0 fully saturated rings. The van der Waals surface area contributed by atoms with Crippen molar-refractivity contribution in [3.8, 4) is 11.5 Å². The van der Waals surface area contributed by atoms with Crippen LogP contribution in [0, 0.1) is 20.2 Å². The quantitative estimate of drug-likeness (QED) is 0.638. The first-order chi connectivity index (χ1) is 12.4. The summed E-state index contributed by atoms with van der Waals surface area (Å²) >= 11 is 0. The molecule has 0 spiro atoms. The highest BCUT2D eigenvalue weighted by atomic mass is 16.6. The number of fused-ring (bicyclic) bond motifs is 1. The van der Waals surface area contributed by atoms with Gasteiger partial charge in [-0.05, 0) is 12.1 Å². The summed E-state index contributed by atoms with van der Waals surface area (Å²) in [4.78, 5) is 32.4. The average molecular weight is 359 g/mol. The Bertz CT molecular complexity index is 852. The first-order valence-electron chi connectivity index (χ1n) is 7.54. The van der Waals surface area contributed by atoms with Gasteiger partial charge >= 0.3 is 0 Å². The summed E-state index contributed by atoms with van der Waals surface area (Å²) in [6.45, 7) is 0.288. The molecule has 0 saturated heterocycles. The van der Waals surface area contributed by atoms with E-state index in [1.807, 2.05) is 0 Å². The minimum atomic E-state index is -0.793. The molecule has 1 N–H and O–H groups in total. The SMILES string of the molecule is O=C(NC[C@H]1COc2ccccc2O1)c1cc([N+](=O)[O-])cc([N+](=O)[O-])c1. The van der Waals surface area contributed by atoms with Gasteiger partial charge in [-0.15, -0.1) is 0 Å². The number of nitro benzene ring substituents is 2. The molecule has 2 aromatic rings. The van der Waals surface area contributed by atoms with Crippen molar-refractivity contribution in [2.75, 3.05) is 13.2 Å². The van der Waals surface area contributed by atoms with Crippen LogP contribution < -0.4 is 14.8 Å². The largest absolute Gasteiger partial charge is 0.486 e. The van der Waals surface area contributed by atoms with Crippen LogP contribution in [0.5, 0.6) is 11.5 Å². The van der Waals surface area contributed by atoms with Crippen molar-refractivity contribution in [1.82, 2.24) is 5.32 Å². The van der Waals surface area contributed by atoms with E-state index in [1.54, 1.807) is 24.3 Å². The second-order valence-electron chi connectivity index (χ2n) is 5.46. The number of non-ortho nitro benzene ring substituents is 2. The molecule has 1 amide bonds. The summed E-state index contributed by atoms with van der Waals surface area (Å²) in [6, 6.07) is 9.84. The monoisotopic (exact) mass is 359 g/mol. The second kappa shape index (κ2) is 7.05. The third-order valence-electron chi connectivity index (χ3n) is 3.64. The van der Waals surface area contributed by atoms with E-state index in [2.05, 4.69) is 5.32 Å². The Morgan fingerprint density at radius 3 is 2.31 bits per heavy atom. The van der Waals surface area contributed by atoms with Crippen molar-refractivity contribution >= 4 is 17.3 Å². The number of rotatable bonds is 5. The lowest BCUT2D eigenvalue weighted by molar-refractivity contribution is -0.394. The fraction of sp³-hybridized carbons (Fsp3) is 0.188. The van der Waals surface area contributed by atoms with E-state index < -0.39 is 33.2 Å². The highest BCUT2D eigenvalue weighted by Gasteiger charge is 2.23. The van der Waals surface area contributed by atoms with E-state index in [0.29, 0.717) is 11.5 Å². The molecule has 1 aliphatic heterocycles. The summed E-state index contributed by atoms with van der Waals surface area (Å²) in [7, 11) is 0. The van der Waals surface area contributed by atoms with E-state index in [1.165, 1.54) is 0 Å². The Morgan fingerprint density at radius 2 is 1.69 bits per heavy atom. The van der Waals surface area contributed by atoms with E-state index in [-0.39, 0.29) is 18.7 Å². The molecular formula is C16H13N3O7. The molecule has 3 rings (SSSR count). The molecular weight excluding hydrogens is 346 g/mol. The molecule has 1 atom stereocenters. The third kappa shape index (κ3) is 3.69. The van der Waals surface area contributed by atoms with Crippen LogP contribution in [0.2, 0.25) is 0 Å². The van der Waals surface area contributed by atoms with Crippen LogP contribution in [0.3, 0.4) is 0 Å². The number of nitrogens with zero attached hydrogens (tertiary/aromatic N) is 2. The first-order valence-corrected chi connectivity index (χ1v) is 7.54. The zero-order chi connectivity index (χ0) is 18.7. The molecule has 0 aromatic heterocycles. The molecule has 10 nitrogen and oxygen atoms in total. The Kier molecular flexibility index (Phi) is 4.65. The second-order valence-corrected chi connectivity index (χ2v) is 5.46. The number of hydrogen-bond donors (Lipinski definition) is 1. The zero-order valence-electron chi connectivity index (χ0n) is 13.3. The Labute approximate surface area is 146 Å². The molecule has 0 aliphatic carbocycles. The van der Waals surface area contributed by atoms with Crippen molar-refractivity contribution in [2.45, 2.75) is 6.10 Å². The number of carbonyl (C=O) groups excluding carboxylic acids is 1. The van der Waals surface area contributed by atoms with E-state index in [9.17, 15) is 25.0 Å². The minimum absolute atomic E-state index is 0.0731. The van der Waals surface area contributed by atoms with Gasteiger partial charge in [0.15, 0.2) is 11.5 Å². The average Bonchev–Trinajstić information content (AvgIpc) is 2.65. The smallest absolute Gasteiger partial charge is 0.277 e. The van der Waals surface area contributed by atoms with Crippen molar-refractivity contribution in [1.29, 1.82) is 0 Å². The Balaban J connectivity index is 1.69. The number of hydrogen-bond acceptors (Lipinski definition) is 7. The Hall–Kier alpha value is -3.69. The first kappa shape index (κ1) is 17.1. The topological polar surface area (TPSA) is 134 Å². The van der Waals surface area contributed by atoms with Gasteiger partial charge in [0, 0.05) is 12.1 Å². The molecule has 0 bridgehead atoms. The molecule has 134 valence electrons. The van der Waals surface area contributed by atoms with Gasteiger partial charge in [-0.2, -0.15) is 0 Å². The lowest BCUT2D eigenvalue weighted by Gasteiger charge is -2.26. The van der Waals surface area contributed by atoms with E-state index >= 15 is 0 Å². The molecule has 1 heterocycles. The lowest BCUT2D eigenvalue weighted by Crippen LogP contribution is -2.40. The summed E-state index contributed by atoms with van der Waals surface area (Å²) in [5, 5.41) is 24.3. The molecule has 26 heavy (non-hydrogen) atoms. The fourth-order valence-corrected chi connectivity index (χ4v) is 2.41. The molecule has 0 saturated carbocycles. The number of nitrogens with one attached hydrogen (secondary N) is 1. The number of benzene rings is 2. The molecule has 10 heteroatoms. The normalized spacial score (nSPS) is 15.2. The number of amides is 1. The highest BCUT2D eigenvalue weighted by molar-refractivity contribution is 5.95. The number of carbonyl (C=O) groups is 1. The summed E-state index contributed by atoms with van der Waals surface area (Å²) < 4.78 is 11.2. The van der Waals surface area contributed by atoms with Gasteiger partial charge in [0.2, 0.25) is 0 Å². The molecule has 0 radical (unpaired) electrons. The predicted molar refractivity (Wildman–Crippen MR) is 88.4 cm³/mol. The van der Waals surface area contributed by atoms with Gasteiger partial charge in [0.1, 0.15) is 12.7 Å². The van der Waals surface area contributed by atoms with E-state index in [4.69, 9.17) is 9.47 Å². The predicted octanol–water partition coefficient (Wildman–Crippen LogP) is 2.07. The van der Waals surface area contributed by atoms with Gasteiger partial charge in [-0.3, -0.25) is 25.0 Å². The van der Waals surface area contributed by atoms with Crippen LogP contribution in [-0.4, -0.2) is 35.0 Å². The van der Waals surface area contributed by atoms with Crippen LogP contribution in [0.4, 0.5) is 11.4 Å².